The number of aromatic hydroxyl groups is 1. The van der Waals surface area contributed by atoms with E-state index in [4.69, 9.17) is 9.47 Å². The van der Waals surface area contributed by atoms with Crippen molar-refractivity contribution in [3.8, 4) is 11.5 Å². The van der Waals surface area contributed by atoms with Crippen LogP contribution in [-0.2, 0) is 20.4 Å². The van der Waals surface area contributed by atoms with Gasteiger partial charge in [0.1, 0.15) is 17.5 Å². The van der Waals surface area contributed by atoms with Gasteiger partial charge in [0.2, 0.25) is 0 Å². The number of phenolic OH excluding ortho intramolecular Hbond substituents is 1. The van der Waals surface area contributed by atoms with Gasteiger partial charge in [-0.15, -0.1) is 0 Å². The SMILES string of the molecule is CO[C@]12CC[C@@]3(C[C@@H]1[C@](C)(O)C(C)(C)C)[C@@H]1N(CCCC(C)=O)CC14C[C@@]31c3c4ccc(O)c3O[C@@H]21. The van der Waals surface area contributed by atoms with E-state index in [1.807, 2.05) is 13.0 Å². The molecule has 8 atom stereocenters. The summed E-state index contributed by atoms with van der Waals surface area (Å²) in [7, 11) is 1.80. The summed E-state index contributed by atoms with van der Waals surface area (Å²) in [6.45, 7) is 12.0. The minimum atomic E-state index is -0.959. The smallest absolute Gasteiger partial charge is 0.165 e. The summed E-state index contributed by atoms with van der Waals surface area (Å²) in [4.78, 5) is 14.3. The lowest BCUT2D eigenvalue weighted by molar-refractivity contribution is -0.296. The maximum absolute atomic E-state index is 12.2. The highest BCUT2D eigenvalue weighted by Gasteiger charge is 2.90. The highest BCUT2D eigenvalue weighted by Crippen LogP contribution is 2.86. The number of benzene rings is 1. The first-order valence-electron chi connectivity index (χ1n) is 13.9. The predicted molar refractivity (Wildman–Crippen MR) is 135 cm³/mol. The van der Waals surface area contributed by atoms with E-state index in [1.54, 1.807) is 14.0 Å². The molecule has 1 aromatic carbocycles. The second kappa shape index (κ2) is 6.50. The van der Waals surface area contributed by atoms with E-state index in [0.717, 1.165) is 45.2 Å². The highest BCUT2D eigenvalue weighted by atomic mass is 16.6. The predicted octanol–water partition coefficient (Wildman–Crippen LogP) is 4.08. The van der Waals surface area contributed by atoms with Gasteiger partial charge in [-0.3, -0.25) is 4.90 Å². The molecule has 0 aromatic heterocycles. The molecule has 5 aliphatic carbocycles. The molecule has 6 nitrogen and oxygen atoms in total. The molecule has 4 saturated carbocycles. The van der Waals surface area contributed by atoms with Gasteiger partial charge >= 0.3 is 0 Å². The Kier molecular flexibility index (Phi) is 4.24. The highest BCUT2D eigenvalue weighted by molar-refractivity contribution is 5.75. The van der Waals surface area contributed by atoms with Crippen LogP contribution in [0.25, 0.3) is 0 Å². The summed E-state index contributed by atoms with van der Waals surface area (Å²) in [6.07, 6.45) is 5.14. The first-order chi connectivity index (χ1) is 16.8. The minimum Gasteiger partial charge on any atom is -0.504 e. The minimum absolute atomic E-state index is 0.0433. The molecular formula is C30H41NO5. The van der Waals surface area contributed by atoms with Gasteiger partial charge in [-0.2, -0.15) is 0 Å². The summed E-state index contributed by atoms with van der Waals surface area (Å²) in [5.41, 5.74) is 0.529. The lowest BCUT2D eigenvalue weighted by atomic mass is 9.37. The van der Waals surface area contributed by atoms with Gasteiger partial charge in [0.15, 0.2) is 11.5 Å². The Morgan fingerprint density at radius 1 is 1.25 bits per heavy atom. The van der Waals surface area contributed by atoms with Crippen LogP contribution in [0, 0.1) is 16.7 Å². The van der Waals surface area contributed by atoms with Crippen LogP contribution < -0.4 is 4.74 Å². The zero-order valence-electron chi connectivity index (χ0n) is 22.6. The molecule has 1 unspecified atom stereocenters. The van der Waals surface area contributed by atoms with Crippen LogP contribution in [0.4, 0.5) is 0 Å². The van der Waals surface area contributed by atoms with Crippen LogP contribution in [0.2, 0.25) is 0 Å². The lowest BCUT2D eigenvalue weighted by Crippen LogP contribution is -2.81. The number of aliphatic hydroxyl groups is 1. The summed E-state index contributed by atoms with van der Waals surface area (Å²) in [5.74, 6) is 1.07. The quantitative estimate of drug-likeness (QED) is 0.619. The number of likely N-dealkylation sites (tertiary alicyclic amines) is 1. The van der Waals surface area contributed by atoms with E-state index < -0.39 is 11.2 Å². The molecule has 8 rings (SSSR count). The number of carbonyl (C=O) groups excluding carboxylic acids is 1. The molecule has 2 heterocycles. The Morgan fingerprint density at radius 3 is 2.67 bits per heavy atom. The summed E-state index contributed by atoms with van der Waals surface area (Å²) < 4.78 is 13.4. The zero-order valence-corrected chi connectivity index (χ0v) is 22.6. The monoisotopic (exact) mass is 495 g/mol. The largest absolute Gasteiger partial charge is 0.504 e. The van der Waals surface area contributed by atoms with Gasteiger partial charge in [0.25, 0.3) is 0 Å². The zero-order chi connectivity index (χ0) is 25.7. The van der Waals surface area contributed by atoms with Crippen LogP contribution in [0.3, 0.4) is 0 Å². The van der Waals surface area contributed by atoms with Gasteiger partial charge in [-0.25, -0.2) is 0 Å². The Balaban J connectivity index is 1.43. The average Bonchev–Trinajstić information content (AvgIpc) is 3.36. The van der Waals surface area contributed by atoms with Crippen molar-refractivity contribution in [2.24, 2.45) is 16.7 Å². The van der Waals surface area contributed by atoms with Crippen molar-refractivity contribution in [1.29, 1.82) is 0 Å². The number of hydrogen-bond donors (Lipinski definition) is 2. The fraction of sp³-hybridized carbons (Fsp3) is 0.767. The number of phenols is 1. The first-order valence-corrected chi connectivity index (χ1v) is 13.9. The van der Waals surface area contributed by atoms with Crippen LogP contribution in [0.5, 0.6) is 11.5 Å². The summed E-state index contributed by atoms with van der Waals surface area (Å²) in [5, 5.41) is 23.2. The molecule has 3 spiro atoms. The van der Waals surface area contributed by atoms with E-state index >= 15 is 0 Å². The van der Waals surface area contributed by atoms with Crippen molar-refractivity contribution in [3.05, 3.63) is 23.3 Å². The third-order valence-electron chi connectivity index (χ3n) is 12.3. The fourth-order valence-corrected chi connectivity index (χ4v) is 10.6. The van der Waals surface area contributed by atoms with Gasteiger partial charge in [-0.05, 0) is 69.5 Å². The van der Waals surface area contributed by atoms with E-state index in [-0.39, 0.29) is 45.2 Å². The Morgan fingerprint density at radius 2 is 2.00 bits per heavy atom. The first kappa shape index (κ1) is 23.5. The Labute approximate surface area is 214 Å². The molecule has 0 radical (unpaired) electrons. The molecule has 7 aliphatic rings. The van der Waals surface area contributed by atoms with E-state index in [9.17, 15) is 15.0 Å². The van der Waals surface area contributed by atoms with E-state index in [1.165, 1.54) is 11.1 Å². The molecule has 0 amide bonds. The van der Waals surface area contributed by atoms with Crippen molar-refractivity contribution in [1.82, 2.24) is 4.90 Å². The number of methoxy groups -OCH3 is 1. The number of carbonyl (C=O) groups is 1. The van der Waals surface area contributed by atoms with Crippen LogP contribution >= 0.6 is 0 Å². The molecule has 196 valence electrons. The summed E-state index contributed by atoms with van der Waals surface area (Å²) >= 11 is 0. The van der Waals surface area contributed by atoms with Gasteiger partial charge < -0.3 is 24.5 Å². The molecular weight excluding hydrogens is 454 g/mol. The average molecular weight is 496 g/mol. The van der Waals surface area contributed by atoms with Gasteiger partial charge in [0, 0.05) is 53.8 Å². The molecule has 1 aromatic rings. The Bertz CT molecular complexity index is 1190. The second-order valence-electron chi connectivity index (χ2n) is 14.3. The van der Waals surface area contributed by atoms with Gasteiger partial charge in [-0.1, -0.05) is 26.8 Å². The summed E-state index contributed by atoms with van der Waals surface area (Å²) in [6, 6.07) is 4.36. The van der Waals surface area contributed by atoms with Crippen molar-refractivity contribution in [2.45, 2.75) is 107 Å². The van der Waals surface area contributed by atoms with Crippen molar-refractivity contribution >= 4 is 5.78 Å². The number of Topliss-reactive ketones (excluding diaryl/α,β-unsaturated/α-hetero) is 1. The maximum atomic E-state index is 12.2. The molecule has 5 fully saturated rings. The molecule has 36 heavy (non-hydrogen) atoms. The molecule has 1 saturated heterocycles. The number of hydrogen-bond acceptors (Lipinski definition) is 6. The van der Waals surface area contributed by atoms with Gasteiger partial charge in [0.05, 0.1) is 5.60 Å². The van der Waals surface area contributed by atoms with E-state index in [2.05, 4.69) is 31.7 Å². The number of fused-ring (bicyclic) bond motifs is 2. The van der Waals surface area contributed by atoms with E-state index in [0.29, 0.717) is 18.2 Å². The molecule has 2 N–H and O–H groups in total. The van der Waals surface area contributed by atoms with Crippen LogP contribution in [0.15, 0.2) is 12.1 Å². The van der Waals surface area contributed by atoms with Crippen molar-refractivity contribution in [2.75, 3.05) is 20.2 Å². The van der Waals surface area contributed by atoms with Crippen molar-refractivity contribution < 1.29 is 24.5 Å². The standard InChI is InChI=1S/C30H41NO5/c1-17(32)8-7-13-31-16-27-15-29-21-18(27)9-10-19(33)22(21)36-24(29)30(35-6)12-11-28(29,23(27)31)14-20(30)26(5,34)25(2,3)4/h9-10,20,23-24,33-34H,7-8,11-16H2,1-6H3/t20-,23-,24-,26+,27?,28-,29+,30-/m1/s1. The van der Waals surface area contributed by atoms with Crippen LogP contribution in [-0.4, -0.2) is 64.4 Å². The number of rotatable bonds is 6. The molecule has 6 heteroatoms. The fourth-order valence-electron chi connectivity index (χ4n) is 10.6. The molecule has 2 aliphatic heterocycles. The van der Waals surface area contributed by atoms with Crippen LogP contribution in [0.1, 0.15) is 84.3 Å². The number of nitrogens with zero attached hydrogens (tertiary/aromatic N) is 1. The molecule has 4 bridgehead atoms. The normalized spacial score (nSPS) is 44.6. The third kappa shape index (κ3) is 2.16. The Hall–Kier alpha value is -1.63. The maximum Gasteiger partial charge on any atom is 0.165 e. The topological polar surface area (TPSA) is 79.2 Å². The second-order valence-corrected chi connectivity index (χ2v) is 14.3. The van der Waals surface area contributed by atoms with Crippen molar-refractivity contribution in [3.63, 3.8) is 0 Å². The third-order valence-corrected chi connectivity index (χ3v) is 12.3. The number of ketones is 1. The number of ether oxygens (including phenoxy) is 2. The lowest BCUT2D eigenvalue weighted by Gasteiger charge is -2.72.